The van der Waals surface area contributed by atoms with Crippen molar-refractivity contribution in [3.05, 3.63) is 0 Å². The average Bonchev–Trinajstić information content (AvgIpc) is 2.30. The highest BCUT2D eigenvalue weighted by molar-refractivity contribution is 6.68. The smallest absolute Gasteiger partial charge is 0.367 e. The summed E-state index contributed by atoms with van der Waals surface area (Å²) in [4.78, 5) is 0. The molecule has 0 aromatic carbocycles. The summed E-state index contributed by atoms with van der Waals surface area (Å²) < 4.78 is 17.8. The monoisotopic (exact) mass is 248 g/mol. The van der Waals surface area contributed by atoms with E-state index in [1.54, 1.807) is 0 Å². The molecular weight excluding hydrogens is 220 g/mol. The Kier molecular flexibility index (Phi) is 9.22. The van der Waals surface area contributed by atoms with Crippen molar-refractivity contribution in [3.8, 4) is 0 Å². The van der Waals surface area contributed by atoms with Gasteiger partial charge in [-0.1, -0.05) is 20.8 Å². The Bertz CT molecular complexity index is 158. The molecule has 0 saturated heterocycles. The zero-order valence-electron chi connectivity index (χ0n) is 11.5. The summed E-state index contributed by atoms with van der Waals surface area (Å²) in [6.07, 6.45) is 2.02. The van der Waals surface area contributed by atoms with Gasteiger partial charge in [0.25, 0.3) is 0 Å². The maximum Gasteiger partial charge on any atom is 0.367 e. The lowest BCUT2D eigenvalue weighted by Crippen LogP contribution is -2.54. The Labute approximate surface area is 102 Å². The molecule has 0 amide bonds. The topological polar surface area (TPSA) is 27.7 Å². The molecule has 16 heavy (non-hydrogen) atoms. The number of hydrogen-bond acceptors (Lipinski definition) is 3. The van der Waals surface area contributed by atoms with Crippen LogP contribution in [0.1, 0.15) is 47.5 Å². The van der Waals surface area contributed by atoms with E-state index in [-0.39, 0.29) is 5.73 Å². The van der Waals surface area contributed by atoms with Gasteiger partial charge in [-0.15, -0.1) is 0 Å². The van der Waals surface area contributed by atoms with Crippen LogP contribution in [0.5, 0.6) is 0 Å². The zero-order chi connectivity index (χ0) is 12.4. The lowest BCUT2D eigenvalue weighted by molar-refractivity contribution is 0.0447. The number of hydrogen-bond donors (Lipinski definition) is 0. The van der Waals surface area contributed by atoms with Crippen LogP contribution in [0.25, 0.3) is 0 Å². The van der Waals surface area contributed by atoms with Gasteiger partial charge in [0, 0.05) is 19.8 Å². The Morgan fingerprint density at radius 1 is 0.938 bits per heavy atom. The number of rotatable bonds is 10. The largest absolute Gasteiger partial charge is 0.393 e. The van der Waals surface area contributed by atoms with E-state index in [0.29, 0.717) is 13.2 Å². The van der Waals surface area contributed by atoms with E-state index in [0.717, 1.165) is 25.5 Å². The predicted octanol–water partition coefficient (Wildman–Crippen LogP) is 3.27. The van der Waals surface area contributed by atoms with Crippen molar-refractivity contribution >= 4 is 8.56 Å². The van der Waals surface area contributed by atoms with Crippen LogP contribution in [0.3, 0.4) is 0 Å². The van der Waals surface area contributed by atoms with Gasteiger partial charge in [-0.05, 0) is 32.7 Å². The van der Waals surface area contributed by atoms with Crippen LogP contribution in [-0.4, -0.2) is 34.1 Å². The van der Waals surface area contributed by atoms with Crippen LogP contribution in [0.2, 0.25) is 6.04 Å². The van der Waals surface area contributed by atoms with E-state index in [1.807, 2.05) is 13.8 Å². The first-order valence-corrected chi connectivity index (χ1v) is 8.70. The van der Waals surface area contributed by atoms with Gasteiger partial charge < -0.3 is 13.6 Å². The van der Waals surface area contributed by atoms with Gasteiger partial charge >= 0.3 is 8.56 Å². The third-order valence-corrected chi connectivity index (χ3v) is 6.75. The predicted molar refractivity (Wildman–Crippen MR) is 69.8 cm³/mol. The molecule has 0 aromatic heterocycles. The molecule has 0 bridgehead atoms. The molecule has 0 aliphatic carbocycles. The SMILES string of the molecule is CCCOC(CC)[Si](CC)(OCC)OCC. The molecule has 1 atom stereocenters. The van der Waals surface area contributed by atoms with E-state index < -0.39 is 8.56 Å². The van der Waals surface area contributed by atoms with Crippen LogP contribution < -0.4 is 0 Å². The maximum absolute atomic E-state index is 5.96. The highest BCUT2D eigenvalue weighted by Crippen LogP contribution is 2.23. The third-order valence-electron chi connectivity index (χ3n) is 2.65. The van der Waals surface area contributed by atoms with Gasteiger partial charge in [0.1, 0.15) is 5.73 Å². The Morgan fingerprint density at radius 2 is 1.50 bits per heavy atom. The molecule has 0 radical (unpaired) electrons. The quantitative estimate of drug-likeness (QED) is 0.555. The van der Waals surface area contributed by atoms with Crippen molar-refractivity contribution in [2.75, 3.05) is 19.8 Å². The second-order valence-corrected chi connectivity index (χ2v) is 7.35. The van der Waals surface area contributed by atoms with Gasteiger partial charge in [0.15, 0.2) is 0 Å². The fourth-order valence-corrected chi connectivity index (χ4v) is 5.25. The number of ether oxygens (including phenoxy) is 1. The molecular formula is C12H28O3Si. The molecule has 0 aliphatic heterocycles. The summed E-state index contributed by atoms with van der Waals surface area (Å²) >= 11 is 0. The second-order valence-electron chi connectivity index (χ2n) is 3.80. The fourth-order valence-electron chi connectivity index (χ4n) is 1.96. The molecule has 0 aromatic rings. The Morgan fingerprint density at radius 3 is 1.81 bits per heavy atom. The minimum Gasteiger partial charge on any atom is -0.393 e. The summed E-state index contributed by atoms with van der Waals surface area (Å²) in [5.74, 6) is 0. The summed E-state index contributed by atoms with van der Waals surface area (Å²) in [7, 11) is -2.16. The minimum atomic E-state index is -2.16. The third kappa shape index (κ3) is 4.53. The molecule has 1 unspecified atom stereocenters. The molecule has 0 spiro atoms. The highest BCUT2D eigenvalue weighted by atomic mass is 28.4. The van der Waals surface area contributed by atoms with Crippen LogP contribution in [0.15, 0.2) is 0 Å². The van der Waals surface area contributed by atoms with Gasteiger partial charge in [0.05, 0.1) is 0 Å². The van der Waals surface area contributed by atoms with Crippen molar-refractivity contribution in [1.29, 1.82) is 0 Å². The minimum absolute atomic E-state index is 0.164. The van der Waals surface area contributed by atoms with Crippen molar-refractivity contribution < 1.29 is 13.6 Å². The van der Waals surface area contributed by atoms with E-state index >= 15 is 0 Å². The van der Waals surface area contributed by atoms with E-state index in [2.05, 4.69) is 20.8 Å². The second kappa shape index (κ2) is 9.16. The first kappa shape index (κ1) is 16.1. The standard InChI is InChI=1S/C12H28O3Si/c1-6-11-13-12(7-2)16(10-5,14-8-3)15-9-4/h12H,6-11H2,1-5H3. The Hall–Kier alpha value is 0.0969. The van der Waals surface area contributed by atoms with E-state index in [4.69, 9.17) is 13.6 Å². The van der Waals surface area contributed by atoms with Crippen LogP contribution in [0.4, 0.5) is 0 Å². The van der Waals surface area contributed by atoms with E-state index in [1.165, 1.54) is 0 Å². The maximum atomic E-state index is 5.96. The lowest BCUT2D eigenvalue weighted by Gasteiger charge is -2.35. The molecule has 0 saturated carbocycles. The van der Waals surface area contributed by atoms with Crippen molar-refractivity contribution in [2.24, 2.45) is 0 Å². The fraction of sp³-hybridized carbons (Fsp3) is 1.00. The molecule has 98 valence electrons. The van der Waals surface area contributed by atoms with Crippen molar-refractivity contribution in [1.82, 2.24) is 0 Å². The average molecular weight is 248 g/mol. The molecule has 3 nitrogen and oxygen atoms in total. The van der Waals surface area contributed by atoms with Gasteiger partial charge in [0.2, 0.25) is 0 Å². The molecule has 0 N–H and O–H groups in total. The van der Waals surface area contributed by atoms with Crippen LogP contribution in [0, 0.1) is 0 Å². The zero-order valence-corrected chi connectivity index (χ0v) is 12.5. The van der Waals surface area contributed by atoms with Crippen molar-refractivity contribution in [3.63, 3.8) is 0 Å². The molecule has 0 aliphatic rings. The van der Waals surface area contributed by atoms with Gasteiger partial charge in [-0.25, -0.2) is 0 Å². The molecule has 0 rings (SSSR count). The normalized spacial score (nSPS) is 14.1. The first-order chi connectivity index (χ1) is 7.70. The lowest BCUT2D eigenvalue weighted by atomic mass is 10.5. The summed E-state index contributed by atoms with van der Waals surface area (Å²) in [5, 5.41) is 0. The highest BCUT2D eigenvalue weighted by Gasteiger charge is 2.44. The molecule has 0 fully saturated rings. The van der Waals surface area contributed by atoms with Crippen molar-refractivity contribution in [2.45, 2.75) is 59.2 Å². The van der Waals surface area contributed by atoms with E-state index in [9.17, 15) is 0 Å². The molecule has 4 heteroatoms. The summed E-state index contributed by atoms with van der Waals surface area (Å²) in [6.45, 7) is 12.7. The first-order valence-electron chi connectivity index (χ1n) is 6.60. The molecule has 0 heterocycles. The van der Waals surface area contributed by atoms with Crippen LogP contribution >= 0.6 is 0 Å². The Balaban J connectivity index is 4.63. The van der Waals surface area contributed by atoms with Gasteiger partial charge in [-0.2, -0.15) is 0 Å². The van der Waals surface area contributed by atoms with Gasteiger partial charge in [-0.3, -0.25) is 0 Å². The summed E-state index contributed by atoms with van der Waals surface area (Å²) in [5.41, 5.74) is 0.164. The van der Waals surface area contributed by atoms with Crippen LogP contribution in [-0.2, 0) is 13.6 Å². The summed E-state index contributed by atoms with van der Waals surface area (Å²) in [6, 6.07) is 0.955.